The number of aryl methyl sites for hydroxylation is 2. The normalized spacial score (nSPS) is 15.3. The number of ether oxygens (including phenoxy) is 1. The minimum Gasteiger partial charge on any atom is -0.462 e. The van der Waals surface area contributed by atoms with Crippen LogP contribution in [-0.2, 0) is 16.6 Å². The first-order valence-corrected chi connectivity index (χ1v) is 10.2. The van der Waals surface area contributed by atoms with Crippen LogP contribution in [0.2, 0.25) is 0 Å². The van der Waals surface area contributed by atoms with Gasteiger partial charge in [0.1, 0.15) is 11.4 Å². The van der Waals surface area contributed by atoms with Crippen molar-refractivity contribution in [3.63, 3.8) is 0 Å². The molecule has 3 heterocycles. The summed E-state index contributed by atoms with van der Waals surface area (Å²) in [5, 5.41) is 9.96. The average Bonchev–Trinajstić information content (AvgIpc) is 3.15. The molecule has 28 heavy (non-hydrogen) atoms. The number of hydrogen-bond donors (Lipinski definition) is 1. The van der Waals surface area contributed by atoms with Gasteiger partial charge in [-0.3, -0.25) is 14.4 Å². The fraction of sp³-hybridized carbons (Fsp3) is 0.556. The number of aromatic nitrogens is 3. The molecule has 0 aliphatic carbocycles. The van der Waals surface area contributed by atoms with Crippen LogP contribution in [0.25, 0.3) is 0 Å². The monoisotopic (exact) mass is 406 g/mol. The topological polar surface area (TPSA) is 92.6 Å². The lowest BCUT2D eigenvalue weighted by molar-refractivity contribution is -0.117. The van der Waals surface area contributed by atoms with Crippen LogP contribution in [0.4, 0.5) is 10.9 Å². The fourth-order valence-electron chi connectivity index (χ4n) is 3.13. The molecule has 1 saturated heterocycles. The van der Waals surface area contributed by atoms with E-state index in [2.05, 4.69) is 30.6 Å². The molecule has 0 atom stereocenters. The van der Waals surface area contributed by atoms with Crippen molar-refractivity contribution in [2.45, 2.75) is 20.3 Å². The van der Waals surface area contributed by atoms with E-state index in [0.29, 0.717) is 5.82 Å². The van der Waals surface area contributed by atoms with Crippen molar-refractivity contribution in [1.29, 1.82) is 0 Å². The third-order valence-electron chi connectivity index (χ3n) is 4.53. The molecule has 0 radical (unpaired) electrons. The molecule has 1 aliphatic rings. The minimum absolute atomic E-state index is 0.173. The Labute approximate surface area is 168 Å². The number of thiazole rings is 1. The Morgan fingerprint density at radius 2 is 2.11 bits per heavy atom. The molecule has 0 aromatic carbocycles. The number of esters is 1. The summed E-state index contributed by atoms with van der Waals surface area (Å²) >= 11 is 1.66. The molecule has 1 amide bonds. The predicted octanol–water partition coefficient (Wildman–Crippen LogP) is 1.51. The molecule has 10 heteroatoms. The van der Waals surface area contributed by atoms with Crippen LogP contribution in [0.15, 0.2) is 11.6 Å². The Kier molecular flexibility index (Phi) is 6.63. The molecule has 2 aromatic heterocycles. The number of nitrogens with one attached hydrogen (secondary N) is 1. The van der Waals surface area contributed by atoms with Crippen molar-refractivity contribution in [2.24, 2.45) is 7.05 Å². The Morgan fingerprint density at radius 3 is 2.82 bits per heavy atom. The van der Waals surface area contributed by atoms with Gasteiger partial charge in [-0.05, 0) is 20.3 Å². The Bertz CT molecular complexity index is 833. The molecular formula is C18H26N6O3S. The van der Waals surface area contributed by atoms with E-state index < -0.39 is 5.97 Å². The molecule has 0 saturated carbocycles. The molecule has 1 N–H and O–H groups in total. The average molecular weight is 407 g/mol. The largest absolute Gasteiger partial charge is 0.462 e. The highest BCUT2D eigenvalue weighted by molar-refractivity contribution is 7.13. The highest BCUT2D eigenvalue weighted by Gasteiger charge is 2.22. The van der Waals surface area contributed by atoms with Gasteiger partial charge in [0, 0.05) is 38.6 Å². The number of amides is 1. The van der Waals surface area contributed by atoms with Gasteiger partial charge in [-0.25, -0.2) is 9.78 Å². The van der Waals surface area contributed by atoms with Crippen LogP contribution >= 0.6 is 11.3 Å². The number of hydrogen-bond acceptors (Lipinski definition) is 8. The Hall–Kier alpha value is -2.46. The molecule has 3 rings (SSSR count). The SMILES string of the molecule is CCOC(=O)c1cnn(C)c1NC(=O)CN1CCCN(c2nc(C)cs2)CC1. The van der Waals surface area contributed by atoms with E-state index in [0.717, 1.165) is 43.4 Å². The smallest absolute Gasteiger partial charge is 0.343 e. The number of nitrogens with zero attached hydrogens (tertiary/aromatic N) is 5. The van der Waals surface area contributed by atoms with Gasteiger partial charge in [0.25, 0.3) is 0 Å². The van der Waals surface area contributed by atoms with Crippen molar-refractivity contribution in [3.05, 3.63) is 22.8 Å². The molecule has 1 fully saturated rings. The summed E-state index contributed by atoms with van der Waals surface area (Å²) < 4.78 is 6.49. The first-order valence-electron chi connectivity index (χ1n) is 9.36. The third-order valence-corrected chi connectivity index (χ3v) is 5.54. The molecule has 0 unspecified atom stereocenters. The summed E-state index contributed by atoms with van der Waals surface area (Å²) in [5.41, 5.74) is 1.30. The van der Waals surface area contributed by atoms with Crippen LogP contribution < -0.4 is 10.2 Å². The molecule has 2 aromatic rings. The van der Waals surface area contributed by atoms with Crippen molar-refractivity contribution >= 4 is 34.2 Å². The summed E-state index contributed by atoms with van der Waals surface area (Å²) in [6.07, 6.45) is 2.37. The van der Waals surface area contributed by atoms with Crippen molar-refractivity contribution in [2.75, 3.05) is 49.5 Å². The predicted molar refractivity (Wildman–Crippen MR) is 108 cm³/mol. The maximum absolute atomic E-state index is 12.6. The van der Waals surface area contributed by atoms with E-state index in [-0.39, 0.29) is 24.6 Å². The van der Waals surface area contributed by atoms with Crippen molar-refractivity contribution in [1.82, 2.24) is 19.7 Å². The molecule has 0 spiro atoms. The van der Waals surface area contributed by atoms with Crippen LogP contribution in [0.3, 0.4) is 0 Å². The maximum Gasteiger partial charge on any atom is 0.343 e. The quantitative estimate of drug-likeness (QED) is 0.727. The van der Waals surface area contributed by atoms with E-state index in [9.17, 15) is 9.59 Å². The summed E-state index contributed by atoms with van der Waals surface area (Å²) in [7, 11) is 1.68. The lowest BCUT2D eigenvalue weighted by Gasteiger charge is -2.21. The third kappa shape index (κ3) is 4.87. The van der Waals surface area contributed by atoms with Gasteiger partial charge < -0.3 is 15.0 Å². The highest BCUT2D eigenvalue weighted by Crippen LogP contribution is 2.21. The van der Waals surface area contributed by atoms with E-state index in [1.165, 1.54) is 10.9 Å². The second-order valence-corrected chi connectivity index (χ2v) is 7.52. The van der Waals surface area contributed by atoms with Crippen LogP contribution in [0.5, 0.6) is 0 Å². The zero-order valence-electron chi connectivity index (χ0n) is 16.5. The van der Waals surface area contributed by atoms with Crippen LogP contribution in [0.1, 0.15) is 29.4 Å². The number of anilines is 2. The maximum atomic E-state index is 12.6. The van der Waals surface area contributed by atoms with Crippen LogP contribution in [0, 0.1) is 6.92 Å². The Balaban J connectivity index is 1.57. The van der Waals surface area contributed by atoms with E-state index >= 15 is 0 Å². The molecule has 0 bridgehead atoms. The van der Waals surface area contributed by atoms with Crippen molar-refractivity contribution < 1.29 is 14.3 Å². The van der Waals surface area contributed by atoms with Gasteiger partial charge in [-0.1, -0.05) is 0 Å². The molecular weight excluding hydrogens is 380 g/mol. The minimum atomic E-state index is -0.491. The summed E-state index contributed by atoms with van der Waals surface area (Å²) in [6.45, 7) is 7.65. The van der Waals surface area contributed by atoms with Gasteiger partial charge in [0.05, 0.1) is 25.0 Å². The fourth-order valence-corrected chi connectivity index (χ4v) is 3.98. The number of carbonyl (C=O) groups excluding carboxylic acids is 2. The van der Waals surface area contributed by atoms with Gasteiger partial charge in [0.2, 0.25) is 5.91 Å². The zero-order valence-corrected chi connectivity index (χ0v) is 17.3. The summed E-state index contributed by atoms with van der Waals surface area (Å²) in [6, 6.07) is 0. The molecule has 1 aliphatic heterocycles. The standard InChI is InChI=1S/C18H26N6O3S/c1-4-27-17(26)14-10-19-22(3)16(14)21-15(25)11-23-6-5-7-24(9-8-23)18-20-13(2)12-28-18/h10,12H,4-9,11H2,1-3H3,(H,21,25). The van der Waals surface area contributed by atoms with E-state index in [1.807, 2.05) is 6.92 Å². The van der Waals surface area contributed by atoms with E-state index in [1.54, 1.807) is 25.3 Å². The number of rotatable bonds is 6. The highest BCUT2D eigenvalue weighted by atomic mass is 32.1. The second kappa shape index (κ2) is 9.16. The Morgan fingerprint density at radius 1 is 1.29 bits per heavy atom. The molecule has 9 nitrogen and oxygen atoms in total. The number of carbonyl (C=O) groups is 2. The first-order chi connectivity index (χ1) is 13.5. The molecule has 152 valence electrons. The summed E-state index contributed by atoms with van der Waals surface area (Å²) in [5.74, 6) is -0.305. The van der Waals surface area contributed by atoms with Gasteiger partial charge in [-0.2, -0.15) is 5.10 Å². The van der Waals surface area contributed by atoms with Gasteiger partial charge >= 0.3 is 5.97 Å². The lowest BCUT2D eigenvalue weighted by atomic mass is 10.3. The van der Waals surface area contributed by atoms with E-state index in [4.69, 9.17) is 4.74 Å². The van der Waals surface area contributed by atoms with Gasteiger partial charge in [0.15, 0.2) is 5.13 Å². The zero-order chi connectivity index (χ0) is 20.1. The lowest BCUT2D eigenvalue weighted by Crippen LogP contribution is -2.36. The van der Waals surface area contributed by atoms with Gasteiger partial charge in [-0.15, -0.1) is 11.3 Å². The summed E-state index contributed by atoms with van der Waals surface area (Å²) in [4.78, 5) is 33.5. The first kappa shape index (κ1) is 20.3. The van der Waals surface area contributed by atoms with Crippen molar-refractivity contribution in [3.8, 4) is 0 Å². The van der Waals surface area contributed by atoms with Crippen LogP contribution in [-0.4, -0.2) is 70.9 Å². The second-order valence-electron chi connectivity index (χ2n) is 6.69.